The Morgan fingerprint density at radius 2 is 1.69 bits per heavy atom. The smallest absolute Gasteiger partial charge is 0.352 e. The van der Waals surface area contributed by atoms with Crippen LogP contribution in [-0.2, 0) is 11.3 Å². The van der Waals surface area contributed by atoms with E-state index in [9.17, 15) is 24.6 Å². The summed E-state index contributed by atoms with van der Waals surface area (Å²) < 4.78 is 10.5. The number of aromatic hydroxyl groups is 1. The Kier molecular flexibility index (Phi) is 7.33. The number of benzene rings is 3. The molecular formula is C25H18Cl2N2O7. The minimum atomic E-state index is -1.41. The van der Waals surface area contributed by atoms with Gasteiger partial charge in [0.15, 0.2) is 11.5 Å². The molecule has 0 aromatic heterocycles. The normalized spacial score (nSPS) is 12.2. The molecule has 0 saturated heterocycles. The molecule has 0 bridgehead atoms. The molecule has 4 N–H and O–H groups in total. The van der Waals surface area contributed by atoms with Gasteiger partial charge in [0.05, 0.1) is 15.6 Å². The van der Waals surface area contributed by atoms with E-state index in [4.69, 9.17) is 32.7 Å². The second kappa shape index (κ2) is 10.6. The van der Waals surface area contributed by atoms with Gasteiger partial charge in [-0.1, -0.05) is 35.3 Å². The SMILES string of the molecule is O=C(O)/C(=C/c1cc2c(cc1Cl)OCO2)NC(=O)c1ccc(C(=O)NCc2cccc(O)c2)cc1Cl. The highest BCUT2D eigenvalue weighted by atomic mass is 35.5. The molecule has 0 spiro atoms. The summed E-state index contributed by atoms with van der Waals surface area (Å²) in [6, 6.07) is 13.4. The molecule has 36 heavy (non-hydrogen) atoms. The molecule has 2 amide bonds. The molecule has 1 heterocycles. The topological polar surface area (TPSA) is 134 Å². The van der Waals surface area contributed by atoms with Crippen LogP contribution in [0.2, 0.25) is 10.0 Å². The number of nitrogens with one attached hydrogen (secondary N) is 2. The second-order valence-corrected chi connectivity index (χ2v) is 8.41. The molecule has 9 nitrogen and oxygen atoms in total. The number of carbonyl (C=O) groups is 3. The van der Waals surface area contributed by atoms with Crippen LogP contribution in [0.5, 0.6) is 17.2 Å². The molecule has 11 heteroatoms. The van der Waals surface area contributed by atoms with Crippen LogP contribution in [0, 0.1) is 0 Å². The number of amides is 2. The molecule has 0 radical (unpaired) electrons. The number of carboxylic acids is 1. The lowest BCUT2D eigenvalue weighted by molar-refractivity contribution is -0.132. The van der Waals surface area contributed by atoms with E-state index in [1.807, 2.05) is 0 Å². The quantitative estimate of drug-likeness (QED) is 0.337. The van der Waals surface area contributed by atoms with Crippen molar-refractivity contribution in [2.75, 3.05) is 6.79 Å². The molecule has 0 aliphatic carbocycles. The van der Waals surface area contributed by atoms with Crippen LogP contribution in [0.25, 0.3) is 6.08 Å². The summed E-state index contributed by atoms with van der Waals surface area (Å²) in [5.74, 6) is -1.75. The predicted octanol–water partition coefficient (Wildman–Crippen LogP) is 4.21. The number of carboxylic acid groups (broad SMARTS) is 1. The lowest BCUT2D eigenvalue weighted by Crippen LogP contribution is -2.28. The highest BCUT2D eigenvalue weighted by Gasteiger charge is 2.20. The van der Waals surface area contributed by atoms with Gasteiger partial charge in [-0.15, -0.1) is 0 Å². The third-order valence-corrected chi connectivity index (χ3v) is 5.75. The lowest BCUT2D eigenvalue weighted by atomic mass is 10.1. The fraction of sp³-hybridized carbons (Fsp3) is 0.0800. The van der Waals surface area contributed by atoms with Crippen LogP contribution in [0.3, 0.4) is 0 Å². The number of aliphatic carboxylic acids is 1. The van der Waals surface area contributed by atoms with Gasteiger partial charge in [-0.2, -0.15) is 0 Å². The third-order valence-electron chi connectivity index (χ3n) is 5.11. The number of carbonyl (C=O) groups excluding carboxylic acids is 2. The monoisotopic (exact) mass is 528 g/mol. The van der Waals surface area contributed by atoms with Crippen LogP contribution < -0.4 is 20.1 Å². The highest BCUT2D eigenvalue weighted by molar-refractivity contribution is 6.34. The molecular weight excluding hydrogens is 511 g/mol. The fourth-order valence-electron chi connectivity index (χ4n) is 3.33. The maximum atomic E-state index is 12.8. The first-order valence-electron chi connectivity index (χ1n) is 10.4. The molecule has 0 saturated carbocycles. The average Bonchev–Trinajstić information content (AvgIpc) is 3.29. The molecule has 0 unspecified atom stereocenters. The fourth-order valence-corrected chi connectivity index (χ4v) is 3.81. The summed E-state index contributed by atoms with van der Waals surface area (Å²) in [7, 11) is 0. The summed E-state index contributed by atoms with van der Waals surface area (Å²) >= 11 is 12.4. The van der Waals surface area contributed by atoms with Crippen molar-refractivity contribution in [1.82, 2.24) is 10.6 Å². The van der Waals surface area contributed by atoms with Gasteiger partial charge in [-0.3, -0.25) is 9.59 Å². The molecule has 0 atom stereocenters. The van der Waals surface area contributed by atoms with Crippen LogP contribution in [0.15, 0.2) is 60.3 Å². The van der Waals surface area contributed by atoms with Gasteiger partial charge in [0.2, 0.25) is 6.79 Å². The Bertz CT molecular complexity index is 1410. The van der Waals surface area contributed by atoms with Crippen molar-refractivity contribution in [2.24, 2.45) is 0 Å². The molecule has 1 aliphatic rings. The number of phenols is 1. The van der Waals surface area contributed by atoms with Gasteiger partial charge in [0, 0.05) is 18.2 Å². The molecule has 0 fully saturated rings. The predicted molar refractivity (Wildman–Crippen MR) is 131 cm³/mol. The van der Waals surface area contributed by atoms with E-state index in [1.54, 1.807) is 12.1 Å². The molecule has 3 aromatic rings. The van der Waals surface area contributed by atoms with E-state index in [0.29, 0.717) is 22.6 Å². The van der Waals surface area contributed by atoms with Crippen LogP contribution in [0.4, 0.5) is 0 Å². The summed E-state index contributed by atoms with van der Waals surface area (Å²) in [5.41, 5.74) is 0.692. The van der Waals surface area contributed by atoms with Crippen molar-refractivity contribution in [1.29, 1.82) is 0 Å². The van der Waals surface area contributed by atoms with Crippen molar-refractivity contribution in [3.63, 3.8) is 0 Å². The molecule has 3 aromatic carbocycles. The van der Waals surface area contributed by atoms with E-state index in [2.05, 4.69) is 10.6 Å². The largest absolute Gasteiger partial charge is 0.508 e. The number of rotatable bonds is 7. The van der Waals surface area contributed by atoms with Crippen molar-refractivity contribution >= 4 is 47.1 Å². The van der Waals surface area contributed by atoms with Gasteiger partial charge in [-0.25, -0.2) is 4.79 Å². The van der Waals surface area contributed by atoms with E-state index in [0.717, 1.165) is 0 Å². The third kappa shape index (κ3) is 5.70. The number of hydrogen-bond acceptors (Lipinski definition) is 6. The number of halogens is 2. The first-order valence-corrected chi connectivity index (χ1v) is 11.2. The minimum absolute atomic E-state index is 0.0176. The molecule has 4 rings (SSSR count). The first-order chi connectivity index (χ1) is 17.2. The number of fused-ring (bicyclic) bond motifs is 1. The Labute approximate surface area is 214 Å². The molecule has 184 valence electrons. The Balaban J connectivity index is 1.48. The van der Waals surface area contributed by atoms with Gasteiger partial charge >= 0.3 is 5.97 Å². The molecule has 1 aliphatic heterocycles. The van der Waals surface area contributed by atoms with Crippen molar-refractivity contribution in [3.05, 3.63) is 92.6 Å². The zero-order valence-electron chi connectivity index (χ0n) is 18.4. The summed E-state index contributed by atoms with van der Waals surface area (Å²) in [6.45, 7) is 0.186. The van der Waals surface area contributed by atoms with E-state index < -0.39 is 23.5 Å². The van der Waals surface area contributed by atoms with Crippen molar-refractivity contribution < 1.29 is 34.1 Å². The summed E-state index contributed by atoms with van der Waals surface area (Å²) in [4.78, 5) is 37.0. The zero-order valence-corrected chi connectivity index (χ0v) is 19.9. The Hall–Kier alpha value is -4.21. The van der Waals surface area contributed by atoms with Gasteiger partial charge in [0.1, 0.15) is 11.4 Å². The first kappa shape index (κ1) is 24.9. The summed E-state index contributed by atoms with van der Waals surface area (Å²) in [6.07, 6.45) is 1.18. The summed E-state index contributed by atoms with van der Waals surface area (Å²) in [5, 5.41) is 24.2. The van der Waals surface area contributed by atoms with Gasteiger partial charge in [-0.05, 0) is 53.6 Å². The maximum Gasteiger partial charge on any atom is 0.352 e. The van der Waals surface area contributed by atoms with Gasteiger partial charge in [0.25, 0.3) is 11.8 Å². The standard InChI is InChI=1S/C25H18Cl2N2O7/c26-18-10-22-21(35-12-36-22)9-15(18)8-20(25(33)34)29-24(32)17-5-4-14(7-19(17)27)23(31)28-11-13-2-1-3-16(30)6-13/h1-10,30H,11-12H2,(H,28,31)(H,29,32)(H,33,34)/b20-8-. The minimum Gasteiger partial charge on any atom is -0.508 e. The van der Waals surface area contributed by atoms with Crippen molar-refractivity contribution in [2.45, 2.75) is 6.54 Å². The van der Waals surface area contributed by atoms with E-state index >= 15 is 0 Å². The van der Waals surface area contributed by atoms with E-state index in [-0.39, 0.29) is 40.3 Å². The van der Waals surface area contributed by atoms with Crippen LogP contribution in [0.1, 0.15) is 31.8 Å². The number of hydrogen-bond donors (Lipinski definition) is 4. The zero-order chi connectivity index (χ0) is 25.8. The number of ether oxygens (including phenoxy) is 2. The Morgan fingerprint density at radius 1 is 0.944 bits per heavy atom. The van der Waals surface area contributed by atoms with Crippen molar-refractivity contribution in [3.8, 4) is 17.2 Å². The highest BCUT2D eigenvalue weighted by Crippen LogP contribution is 2.37. The lowest BCUT2D eigenvalue weighted by Gasteiger charge is -2.10. The van der Waals surface area contributed by atoms with Crippen LogP contribution in [-0.4, -0.2) is 34.8 Å². The maximum absolute atomic E-state index is 12.8. The second-order valence-electron chi connectivity index (χ2n) is 7.59. The van der Waals surface area contributed by atoms with Gasteiger partial charge < -0.3 is 30.3 Å². The average molecular weight is 529 g/mol. The Morgan fingerprint density at radius 3 is 2.39 bits per heavy atom. The number of phenolic OH excluding ortho intramolecular Hbond substituents is 1. The van der Waals surface area contributed by atoms with E-state index in [1.165, 1.54) is 48.5 Å². The van der Waals surface area contributed by atoms with Crippen LogP contribution >= 0.6 is 23.2 Å².